The number of pyridine rings is 1. The first-order valence-corrected chi connectivity index (χ1v) is 11.1. The standard InChI is InChI=1S/C24H28FN7/c1-14(2)32-13-28-21-23(30-22(31-24(21)32)16-10-17(25)12-26-11-16)27-9-8-18-15(3)29-20-7-5-4-6-19(18)20/h4-7,10-12,14,21,23,27-29H,8-9,13H2,1-3H3. The van der Waals surface area contributed by atoms with Gasteiger partial charge in [-0.25, -0.2) is 14.4 Å². The second-order valence-corrected chi connectivity index (χ2v) is 8.64. The summed E-state index contributed by atoms with van der Waals surface area (Å²) in [6.45, 7) is 7.88. The summed E-state index contributed by atoms with van der Waals surface area (Å²) in [6.07, 6.45) is 3.49. The highest BCUT2D eigenvalue weighted by molar-refractivity contribution is 6.10. The molecule has 3 N–H and O–H groups in total. The maximum atomic E-state index is 13.8. The lowest BCUT2D eigenvalue weighted by atomic mass is 10.1. The number of nitrogens with one attached hydrogen (secondary N) is 3. The Balaban J connectivity index is 1.39. The molecule has 1 fully saturated rings. The third-order valence-electron chi connectivity index (χ3n) is 6.19. The van der Waals surface area contributed by atoms with Crippen LogP contribution in [0.4, 0.5) is 4.39 Å². The minimum atomic E-state index is -0.392. The van der Waals surface area contributed by atoms with Gasteiger partial charge in [-0.15, -0.1) is 0 Å². The maximum Gasteiger partial charge on any atom is 0.160 e. The molecule has 0 spiro atoms. The quantitative estimate of drug-likeness (QED) is 0.558. The number of hydrogen-bond acceptors (Lipinski definition) is 6. The molecule has 5 rings (SSSR count). The highest BCUT2D eigenvalue weighted by Gasteiger charge is 2.39. The zero-order valence-electron chi connectivity index (χ0n) is 18.6. The van der Waals surface area contributed by atoms with Crippen molar-refractivity contribution in [2.45, 2.75) is 45.4 Å². The van der Waals surface area contributed by atoms with Crippen LogP contribution in [0.3, 0.4) is 0 Å². The van der Waals surface area contributed by atoms with Gasteiger partial charge < -0.3 is 9.88 Å². The summed E-state index contributed by atoms with van der Waals surface area (Å²) in [4.78, 5) is 19.3. The van der Waals surface area contributed by atoms with E-state index in [9.17, 15) is 4.39 Å². The molecule has 0 aliphatic carbocycles. The molecule has 7 nitrogen and oxygen atoms in total. The fraction of sp³-hybridized carbons (Fsp3) is 0.375. The van der Waals surface area contributed by atoms with Gasteiger partial charge in [-0.2, -0.15) is 0 Å². The number of para-hydroxylation sites is 1. The first kappa shape index (κ1) is 20.8. The van der Waals surface area contributed by atoms with Crippen molar-refractivity contribution in [2.24, 2.45) is 9.98 Å². The normalized spacial score (nSPS) is 20.6. The van der Waals surface area contributed by atoms with Crippen molar-refractivity contribution >= 4 is 22.6 Å². The van der Waals surface area contributed by atoms with Crippen LogP contribution >= 0.6 is 0 Å². The van der Waals surface area contributed by atoms with E-state index in [0.717, 1.165) is 24.3 Å². The predicted octanol–water partition coefficient (Wildman–Crippen LogP) is 2.97. The van der Waals surface area contributed by atoms with Gasteiger partial charge in [0.2, 0.25) is 0 Å². The second-order valence-electron chi connectivity index (χ2n) is 8.64. The van der Waals surface area contributed by atoms with Crippen LogP contribution in [-0.2, 0) is 6.42 Å². The summed E-state index contributed by atoms with van der Waals surface area (Å²) in [7, 11) is 0. The molecule has 2 aromatic heterocycles. The van der Waals surface area contributed by atoms with E-state index in [2.05, 4.69) is 64.5 Å². The Morgan fingerprint density at radius 3 is 2.91 bits per heavy atom. The molecule has 0 amide bonds. The van der Waals surface area contributed by atoms with E-state index in [1.54, 1.807) is 6.20 Å². The molecule has 0 bridgehead atoms. The molecular weight excluding hydrogens is 405 g/mol. The van der Waals surface area contributed by atoms with Gasteiger partial charge in [-0.1, -0.05) is 18.2 Å². The average molecular weight is 434 g/mol. The van der Waals surface area contributed by atoms with Crippen LogP contribution in [-0.4, -0.2) is 58.0 Å². The number of H-pyrrole nitrogens is 1. The molecule has 4 heterocycles. The zero-order chi connectivity index (χ0) is 22.2. The van der Waals surface area contributed by atoms with Gasteiger partial charge in [0.25, 0.3) is 0 Å². The molecular formula is C24H28FN7. The number of aliphatic imine (C=N–C) groups is 2. The van der Waals surface area contributed by atoms with Gasteiger partial charge in [0, 0.05) is 40.9 Å². The molecule has 8 heteroatoms. The highest BCUT2D eigenvalue weighted by atomic mass is 19.1. The Kier molecular flexibility index (Phi) is 5.48. The minimum absolute atomic E-state index is 0.0215. The summed E-state index contributed by atoms with van der Waals surface area (Å²) in [5.41, 5.74) is 4.26. The van der Waals surface area contributed by atoms with Gasteiger partial charge in [0.1, 0.15) is 23.9 Å². The number of fused-ring (bicyclic) bond motifs is 2. The van der Waals surface area contributed by atoms with Crippen molar-refractivity contribution in [3.05, 3.63) is 65.4 Å². The number of nitrogens with zero attached hydrogens (tertiary/aromatic N) is 4. The number of rotatable bonds is 6. The summed E-state index contributed by atoms with van der Waals surface area (Å²) in [6, 6.07) is 10.1. The molecule has 1 saturated heterocycles. The summed E-state index contributed by atoms with van der Waals surface area (Å²) in [5.74, 6) is 1.06. The number of aryl methyl sites for hydroxylation is 1. The Morgan fingerprint density at radius 2 is 2.09 bits per heavy atom. The van der Waals surface area contributed by atoms with E-state index in [-0.39, 0.29) is 12.2 Å². The van der Waals surface area contributed by atoms with E-state index >= 15 is 0 Å². The van der Waals surface area contributed by atoms with Crippen molar-refractivity contribution in [3.8, 4) is 0 Å². The molecule has 1 aromatic carbocycles. The van der Waals surface area contributed by atoms with Gasteiger partial charge in [0.15, 0.2) is 5.84 Å². The Hall–Kier alpha value is -3.10. The van der Waals surface area contributed by atoms with Crippen LogP contribution in [0.25, 0.3) is 10.9 Å². The van der Waals surface area contributed by atoms with E-state index in [4.69, 9.17) is 9.98 Å². The SMILES string of the molecule is Cc1[nH]c2ccccc2c1CCNC1N=C(c2cncc(F)c2)N=C2C1NCN2C(C)C. The Bertz CT molecular complexity index is 1200. The van der Waals surface area contributed by atoms with Crippen LogP contribution in [0.5, 0.6) is 0 Å². The first-order valence-electron chi connectivity index (χ1n) is 11.1. The van der Waals surface area contributed by atoms with E-state index < -0.39 is 5.82 Å². The lowest BCUT2D eigenvalue weighted by molar-refractivity contribution is 0.362. The third-order valence-corrected chi connectivity index (χ3v) is 6.19. The fourth-order valence-electron chi connectivity index (χ4n) is 4.56. The molecule has 3 aromatic rings. The summed E-state index contributed by atoms with van der Waals surface area (Å²) < 4.78 is 13.8. The highest BCUT2D eigenvalue weighted by Crippen LogP contribution is 2.23. The zero-order valence-corrected chi connectivity index (χ0v) is 18.6. The molecule has 0 radical (unpaired) electrons. The molecule has 2 aliphatic heterocycles. The molecule has 2 aliphatic rings. The van der Waals surface area contributed by atoms with Gasteiger partial charge in [-0.05, 0) is 44.9 Å². The van der Waals surface area contributed by atoms with E-state index in [1.807, 2.05) is 6.07 Å². The summed E-state index contributed by atoms with van der Waals surface area (Å²) >= 11 is 0. The van der Waals surface area contributed by atoms with Crippen molar-refractivity contribution in [1.29, 1.82) is 0 Å². The predicted molar refractivity (Wildman–Crippen MR) is 125 cm³/mol. The monoisotopic (exact) mass is 433 g/mol. The first-order chi connectivity index (χ1) is 15.5. The van der Waals surface area contributed by atoms with Gasteiger partial charge >= 0.3 is 0 Å². The summed E-state index contributed by atoms with van der Waals surface area (Å²) in [5, 5.41) is 8.41. The molecule has 2 atom stereocenters. The number of aromatic nitrogens is 2. The lowest BCUT2D eigenvalue weighted by Crippen LogP contribution is -2.51. The Labute approximate surface area is 186 Å². The minimum Gasteiger partial charge on any atom is -0.358 e. The number of halogens is 1. The van der Waals surface area contributed by atoms with Gasteiger partial charge in [-0.3, -0.25) is 15.6 Å². The molecule has 0 saturated carbocycles. The van der Waals surface area contributed by atoms with Crippen molar-refractivity contribution < 1.29 is 4.39 Å². The third kappa shape index (κ3) is 3.80. The van der Waals surface area contributed by atoms with Crippen LogP contribution in [0.1, 0.15) is 30.7 Å². The maximum absolute atomic E-state index is 13.8. The van der Waals surface area contributed by atoms with E-state index in [1.165, 1.54) is 28.9 Å². The van der Waals surface area contributed by atoms with Crippen LogP contribution in [0.15, 0.2) is 52.7 Å². The molecule has 166 valence electrons. The van der Waals surface area contributed by atoms with Crippen molar-refractivity contribution in [3.63, 3.8) is 0 Å². The topological polar surface area (TPSA) is 80.7 Å². The van der Waals surface area contributed by atoms with E-state index in [0.29, 0.717) is 24.1 Å². The van der Waals surface area contributed by atoms with Crippen LogP contribution < -0.4 is 10.6 Å². The smallest absolute Gasteiger partial charge is 0.160 e. The average Bonchev–Trinajstić information content (AvgIpc) is 3.35. The lowest BCUT2D eigenvalue weighted by Gasteiger charge is -2.29. The number of hydrogen-bond donors (Lipinski definition) is 3. The number of aromatic amines is 1. The van der Waals surface area contributed by atoms with Crippen molar-refractivity contribution in [1.82, 2.24) is 25.5 Å². The molecule has 32 heavy (non-hydrogen) atoms. The number of benzene rings is 1. The van der Waals surface area contributed by atoms with Gasteiger partial charge in [0.05, 0.1) is 12.9 Å². The fourth-order valence-corrected chi connectivity index (χ4v) is 4.56. The molecule has 2 unspecified atom stereocenters. The van der Waals surface area contributed by atoms with Crippen LogP contribution in [0, 0.1) is 12.7 Å². The van der Waals surface area contributed by atoms with Crippen molar-refractivity contribution in [2.75, 3.05) is 13.2 Å². The second kappa shape index (κ2) is 8.44. The Morgan fingerprint density at radius 1 is 1.25 bits per heavy atom. The number of amidine groups is 2. The largest absolute Gasteiger partial charge is 0.358 e. The van der Waals surface area contributed by atoms with Crippen LogP contribution in [0.2, 0.25) is 0 Å².